The van der Waals surface area contributed by atoms with E-state index in [0.717, 1.165) is 19.5 Å². The zero-order valence-electron chi connectivity index (χ0n) is 22.6. The molecule has 10 heteroatoms. The summed E-state index contributed by atoms with van der Waals surface area (Å²) in [5.74, 6) is 6.07. The number of hydrogen-bond donors (Lipinski definition) is 2. The third-order valence-electron chi connectivity index (χ3n) is 8.55. The van der Waals surface area contributed by atoms with E-state index in [0.29, 0.717) is 46.0 Å². The summed E-state index contributed by atoms with van der Waals surface area (Å²) >= 11 is 0. The fraction of sp³-hybridized carbons (Fsp3) is 0.387. The number of alkyl halides is 2. The monoisotopic (exact) mass is 558 g/mol. The average molecular weight is 559 g/mol. The van der Waals surface area contributed by atoms with Crippen LogP contribution in [0.2, 0.25) is 0 Å². The molecule has 1 saturated carbocycles. The fourth-order valence-corrected chi connectivity index (χ4v) is 6.47. The van der Waals surface area contributed by atoms with Crippen LogP contribution in [0.15, 0.2) is 42.7 Å². The largest absolute Gasteiger partial charge is 0.354 e. The summed E-state index contributed by atoms with van der Waals surface area (Å²) in [7, 11) is 0. The van der Waals surface area contributed by atoms with Crippen LogP contribution in [0.25, 0.3) is 10.9 Å². The summed E-state index contributed by atoms with van der Waals surface area (Å²) in [4.78, 5) is 27.8. The Bertz CT molecular complexity index is 1730. The molecule has 0 radical (unpaired) electrons. The Balaban J connectivity index is 1.20. The van der Waals surface area contributed by atoms with Crippen LogP contribution in [-0.4, -0.2) is 62.8 Å². The minimum Gasteiger partial charge on any atom is -0.354 e. The van der Waals surface area contributed by atoms with E-state index in [2.05, 4.69) is 37.0 Å². The van der Waals surface area contributed by atoms with Crippen LogP contribution in [0.5, 0.6) is 0 Å². The maximum Gasteiger partial charge on any atom is 0.270 e. The predicted octanol–water partition coefficient (Wildman–Crippen LogP) is 4.26. The number of para-hydroxylation sites is 1. The van der Waals surface area contributed by atoms with Crippen LogP contribution in [0.4, 0.5) is 13.2 Å². The highest BCUT2D eigenvalue weighted by Crippen LogP contribution is 2.57. The van der Waals surface area contributed by atoms with Crippen molar-refractivity contribution in [2.24, 2.45) is 11.3 Å². The number of carbonyl (C=O) groups is 1. The number of imidazole rings is 1. The van der Waals surface area contributed by atoms with Crippen LogP contribution in [0, 0.1) is 35.9 Å². The van der Waals surface area contributed by atoms with Gasteiger partial charge in [0, 0.05) is 59.3 Å². The van der Waals surface area contributed by atoms with Crippen molar-refractivity contribution in [1.82, 2.24) is 29.7 Å². The Labute approximate surface area is 235 Å². The standard InChI is InChI=1S/C31H29F3N6O/c1-18-10-19(6-7-31-13-20(31)14-39(16-31)9-8-32)11-24(36-18)30(41)38-29(27-25-12-21(33)15-40(25)17-35-27)28-26(34)22-4-2-3-5-23(22)37-28/h2-5,10-11,17,20-21,29,37H,8-9,12-16H2,1H3,(H,38,41)/t20-,21+,29?,31+/m0/s1. The number of fused-ring (bicyclic) bond motifs is 3. The van der Waals surface area contributed by atoms with Gasteiger partial charge in [-0.25, -0.2) is 23.1 Å². The third kappa shape index (κ3) is 4.58. The molecule has 0 spiro atoms. The second-order valence-electron chi connectivity index (χ2n) is 11.4. The summed E-state index contributed by atoms with van der Waals surface area (Å²) < 4.78 is 44.5. The molecule has 1 aromatic carbocycles. The number of rotatable bonds is 6. The van der Waals surface area contributed by atoms with Gasteiger partial charge >= 0.3 is 0 Å². The van der Waals surface area contributed by atoms with Gasteiger partial charge in [0.2, 0.25) is 0 Å². The van der Waals surface area contributed by atoms with Crippen molar-refractivity contribution in [3.63, 3.8) is 0 Å². The van der Waals surface area contributed by atoms with E-state index >= 15 is 4.39 Å². The van der Waals surface area contributed by atoms with Crippen molar-refractivity contribution in [2.75, 3.05) is 26.3 Å². The van der Waals surface area contributed by atoms with Gasteiger partial charge in [0.15, 0.2) is 5.82 Å². The Kier molecular flexibility index (Phi) is 6.16. The Morgan fingerprint density at radius 3 is 2.98 bits per heavy atom. The van der Waals surface area contributed by atoms with Crippen LogP contribution < -0.4 is 5.32 Å². The molecular weight excluding hydrogens is 529 g/mol. The molecule has 3 aromatic heterocycles. The Hall–Kier alpha value is -4.10. The summed E-state index contributed by atoms with van der Waals surface area (Å²) in [6.07, 6.45) is 1.61. The lowest BCUT2D eigenvalue weighted by Crippen LogP contribution is -2.32. The van der Waals surface area contributed by atoms with Gasteiger partial charge in [-0.05, 0) is 43.5 Å². The predicted molar refractivity (Wildman–Crippen MR) is 147 cm³/mol. The number of aromatic nitrogens is 4. The minimum absolute atomic E-state index is 0.108. The quantitative estimate of drug-likeness (QED) is 0.347. The first-order valence-corrected chi connectivity index (χ1v) is 13.9. The summed E-state index contributed by atoms with van der Waals surface area (Å²) in [6.45, 7) is 3.66. The summed E-state index contributed by atoms with van der Waals surface area (Å²) in [6, 6.07) is 9.43. The third-order valence-corrected chi connectivity index (χ3v) is 8.55. The molecule has 1 unspecified atom stereocenters. The molecule has 3 aliphatic rings. The zero-order chi connectivity index (χ0) is 28.3. The van der Waals surface area contributed by atoms with Gasteiger partial charge in [0.05, 0.1) is 24.3 Å². The van der Waals surface area contributed by atoms with E-state index < -0.39 is 23.9 Å². The second-order valence-corrected chi connectivity index (χ2v) is 11.4. The first-order valence-electron chi connectivity index (χ1n) is 13.9. The fourth-order valence-electron chi connectivity index (χ4n) is 6.47. The summed E-state index contributed by atoms with van der Waals surface area (Å²) in [5.41, 5.74) is 3.06. The highest BCUT2D eigenvalue weighted by molar-refractivity contribution is 5.93. The van der Waals surface area contributed by atoms with Crippen LogP contribution in [-0.2, 0) is 13.0 Å². The van der Waals surface area contributed by atoms with Crippen LogP contribution in [0.3, 0.4) is 0 Å². The van der Waals surface area contributed by atoms with Gasteiger partial charge in [-0.1, -0.05) is 24.0 Å². The molecule has 1 amide bonds. The van der Waals surface area contributed by atoms with Gasteiger partial charge in [0.25, 0.3) is 5.91 Å². The number of nitrogens with zero attached hydrogens (tertiary/aromatic N) is 4. The molecule has 1 aliphatic carbocycles. The van der Waals surface area contributed by atoms with E-state index in [9.17, 15) is 13.6 Å². The number of aryl methyl sites for hydroxylation is 1. The topological polar surface area (TPSA) is 78.8 Å². The van der Waals surface area contributed by atoms with Gasteiger partial charge in [-0.3, -0.25) is 9.69 Å². The Morgan fingerprint density at radius 2 is 2.15 bits per heavy atom. The number of likely N-dealkylation sites (tertiary alicyclic amines) is 1. The first-order chi connectivity index (χ1) is 19.8. The van der Waals surface area contributed by atoms with Crippen LogP contribution in [0.1, 0.15) is 51.3 Å². The molecular formula is C31H29F3N6O. The number of piperidine rings is 1. The number of halogens is 3. The number of H-pyrrole nitrogens is 1. The van der Waals surface area contributed by atoms with Gasteiger partial charge in [-0.15, -0.1) is 0 Å². The second kappa shape index (κ2) is 9.77. The number of amides is 1. The molecule has 210 valence electrons. The molecule has 4 aromatic rings. The molecule has 4 atom stereocenters. The number of pyridine rings is 1. The molecule has 7 rings (SSSR count). The number of benzene rings is 1. The number of hydrogen-bond acceptors (Lipinski definition) is 4. The number of aromatic amines is 1. The molecule has 2 N–H and O–H groups in total. The maximum atomic E-state index is 15.7. The first kappa shape index (κ1) is 25.8. The lowest BCUT2D eigenvalue weighted by molar-refractivity contribution is 0.0936. The molecule has 1 saturated heterocycles. The van der Waals surface area contributed by atoms with Crippen molar-refractivity contribution < 1.29 is 18.0 Å². The summed E-state index contributed by atoms with van der Waals surface area (Å²) in [5, 5.41) is 3.31. The molecule has 2 fully saturated rings. The lowest BCUT2D eigenvalue weighted by atomic mass is 10.0. The molecule has 5 heterocycles. The van der Waals surface area contributed by atoms with Crippen molar-refractivity contribution in [2.45, 2.75) is 38.5 Å². The molecule has 0 bridgehead atoms. The molecule has 41 heavy (non-hydrogen) atoms. The molecule has 2 aliphatic heterocycles. The van der Waals surface area contributed by atoms with Crippen molar-refractivity contribution >= 4 is 16.8 Å². The smallest absolute Gasteiger partial charge is 0.270 e. The molecule has 7 nitrogen and oxygen atoms in total. The SMILES string of the molecule is Cc1cc(C#C[C@]23C[C@H]2CN(CCF)C3)cc(C(=O)NC(c2ncn3c2C[C@@H](F)C3)c2[nH]c3ccccc3c2F)n1. The van der Waals surface area contributed by atoms with Crippen molar-refractivity contribution in [1.29, 1.82) is 0 Å². The maximum absolute atomic E-state index is 15.7. The van der Waals surface area contributed by atoms with Gasteiger partial charge in [-0.2, -0.15) is 0 Å². The van der Waals surface area contributed by atoms with E-state index in [1.807, 2.05) is 6.07 Å². The number of carbonyl (C=O) groups excluding carboxylic acids is 1. The van der Waals surface area contributed by atoms with Crippen molar-refractivity contribution in [3.05, 3.63) is 82.6 Å². The van der Waals surface area contributed by atoms with E-state index in [1.165, 1.54) is 6.33 Å². The number of nitrogens with one attached hydrogen (secondary N) is 2. The highest BCUT2D eigenvalue weighted by atomic mass is 19.1. The van der Waals surface area contributed by atoms with E-state index in [4.69, 9.17) is 0 Å². The van der Waals surface area contributed by atoms with Gasteiger partial charge in [0.1, 0.15) is 24.6 Å². The zero-order valence-corrected chi connectivity index (χ0v) is 22.6. The normalized spacial score (nSPS) is 23.6. The van der Waals surface area contributed by atoms with Crippen LogP contribution >= 0.6 is 0 Å². The van der Waals surface area contributed by atoms with Crippen molar-refractivity contribution in [3.8, 4) is 11.8 Å². The lowest BCUT2D eigenvalue weighted by Gasteiger charge is -2.18. The average Bonchev–Trinajstić information content (AvgIpc) is 3.32. The van der Waals surface area contributed by atoms with E-state index in [1.54, 1.807) is 41.8 Å². The highest BCUT2D eigenvalue weighted by Gasteiger charge is 2.58. The van der Waals surface area contributed by atoms with Gasteiger partial charge < -0.3 is 14.9 Å². The van der Waals surface area contributed by atoms with E-state index in [-0.39, 0.29) is 36.4 Å². The Morgan fingerprint density at radius 1 is 1.29 bits per heavy atom. The minimum atomic E-state index is -1.07.